The topological polar surface area (TPSA) is 56.1 Å². The monoisotopic (exact) mass is 331 g/mol. The van der Waals surface area contributed by atoms with E-state index >= 15 is 0 Å². The predicted molar refractivity (Wildman–Crippen MR) is 86.9 cm³/mol. The third-order valence-corrected chi connectivity index (χ3v) is 5.98. The third kappa shape index (κ3) is 2.30. The molecule has 2 heterocycles. The molecular weight excluding hydrogens is 318 g/mol. The van der Waals surface area contributed by atoms with Crippen LogP contribution in [0.2, 0.25) is 0 Å². The molecule has 0 amide bonds. The minimum atomic E-state index is -3.72. The van der Waals surface area contributed by atoms with Crippen LogP contribution in [0.25, 0.3) is 11.3 Å². The summed E-state index contributed by atoms with van der Waals surface area (Å²) >= 11 is 1.32. The van der Waals surface area contributed by atoms with Crippen LogP contribution in [0.3, 0.4) is 0 Å². The van der Waals surface area contributed by atoms with E-state index in [1.807, 2.05) is 30.3 Å². The highest BCUT2D eigenvalue weighted by molar-refractivity contribution is 7.90. The van der Waals surface area contributed by atoms with Gasteiger partial charge in [-0.15, -0.1) is 0 Å². The molecule has 6 heteroatoms. The van der Waals surface area contributed by atoms with E-state index in [-0.39, 0.29) is 4.90 Å². The molecule has 1 aromatic carbocycles. The maximum atomic E-state index is 12.8. The van der Waals surface area contributed by atoms with E-state index in [0.29, 0.717) is 23.1 Å². The average Bonchev–Trinajstić information content (AvgIpc) is 3.16. The van der Waals surface area contributed by atoms with E-state index in [2.05, 4.69) is 0 Å². The standard InChI is InChI=1S/C16H13NO3S2/c1-12-14(10-18)9-17(16(12)13-5-3-2-4-6-13)22(19,20)15-7-8-21-11-15/h2-11H,1H3. The first kappa shape index (κ1) is 14.7. The Balaban J connectivity index is 2.31. The van der Waals surface area contributed by atoms with E-state index in [1.165, 1.54) is 21.5 Å². The van der Waals surface area contributed by atoms with Gasteiger partial charge in [0.05, 0.1) is 10.6 Å². The molecule has 0 spiro atoms. The molecular formula is C16H13NO3S2. The second-order valence-corrected chi connectivity index (χ2v) is 7.40. The van der Waals surface area contributed by atoms with Crippen molar-refractivity contribution in [1.29, 1.82) is 0 Å². The van der Waals surface area contributed by atoms with E-state index in [4.69, 9.17) is 0 Å². The number of thiophene rings is 1. The summed E-state index contributed by atoms with van der Waals surface area (Å²) in [6.45, 7) is 1.76. The maximum Gasteiger partial charge on any atom is 0.269 e. The number of carbonyl (C=O) groups is 1. The smallest absolute Gasteiger partial charge is 0.269 e. The van der Waals surface area contributed by atoms with Crippen molar-refractivity contribution in [3.05, 3.63) is 64.5 Å². The van der Waals surface area contributed by atoms with Gasteiger partial charge < -0.3 is 0 Å². The Hall–Kier alpha value is -2.18. The highest BCUT2D eigenvalue weighted by atomic mass is 32.2. The van der Waals surface area contributed by atoms with E-state index in [0.717, 1.165) is 5.56 Å². The van der Waals surface area contributed by atoms with Crippen LogP contribution >= 0.6 is 11.3 Å². The zero-order valence-corrected chi connectivity index (χ0v) is 13.4. The summed E-state index contributed by atoms with van der Waals surface area (Å²) in [5.41, 5.74) is 2.30. The van der Waals surface area contributed by atoms with Crippen molar-refractivity contribution in [2.75, 3.05) is 0 Å². The van der Waals surface area contributed by atoms with Crippen molar-refractivity contribution < 1.29 is 13.2 Å². The first-order valence-electron chi connectivity index (χ1n) is 6.56. The van der Waals surface area contributed by atoms with Crippen LogP contribution in [0.4, 0.5) is 0 Å². The van der Waals surface area contributed by atoms with Crippen LogP contribution < -0.4 is 0 Å². The lowest BCUT2D eigenvalue weighted by Crippen LogP contribution is -2.12. The lowest BCUT2D eigenvalue weighted by Gasteiger charge is -2.10. The summed E-state index contributed by atoms with van der Waals surface area (Å²) in [6.07, 6.45) is 2.07. The molecule has 3 aromatic rings. The minimum Gasteiger partial charge on any atom is -0.298 e. The van der Waals surface area contributed by atoms with Crippen molar-refractivity contribution in [1.82, 2.24) is 3.97 Å². The summed E-state index contributed by atoms with van der Waals surface area (Å²) in [4.78, 5) is 11.5. The quantitative estimate of drug-likeness (QED) is 0.687. The van der Waals surface area contributed by atoms with Crippen LogP contribution in [-0.4, -0.2) is 18.7 Å². The van der Waals surface area contributed by atoms with Crippen molar-refractivity contribution >= 4 is 27.6 Å². The van der Waals surface area contributed by atoms with Crippen molar-refractivity contribution in [2.24, 2.45) is 0 Å². The Labute approximate surface area is 132 Å². The Kier molecular flexibility index (Phi) is 3.72. The Morgan fingerprint density at radius 2 is 1.86 bits per heavy atom. The normalized spacial score (nSPS) is 11.5. The minimum absolute atomic E-state index is 0.224. The van der Waals surface area contributed by atoms with Crippen LogP contribution in [0.15, 0.2) is 58.3 Å². The second-order valence-electron chi connectivity index (χ2n) is 4.80. The molecule has 112 valence electrons. The lowest BCUT2D eigenvalue weighted by atomic mass is 10.1. The van der Waals surface area contributed by atoms with E-state index < -0.39 is 10.0 Å². The molecule has 0 aliphatic heterocycles. The summed E-state index contributed by atoms with van der Waals surface area (Å²) in [6, 6.07) is 10.8. The highest BCUT2D eigenvalue weighted by Gasteiger charge is 2.24. The molecule has 0 N–H and O–H groups in total. The predicted octanol–water partition coefficient (Wildman–Crippen LogP) is 3.57. The molecule has 0 bridgehead atoms. The van der Waals surface area contributed by atoms with Gasteiger partial charge in [-0.1, -0.05) is 30.3 Å². The number of nitrogens with zero attached hydrogens (tertiary/aromatic N) is 1. The largest absolute Gasteiger partial charge is 0.298 e. The van der Waals surface area contributed by atoms with Gasteiger partial charge in [-0.05, 0) is 29.5 Å². The molecule has 4 nitrogen and oxygen atoms in total. The van der Waals surface area contributed by atoms with Crippen LogP contribution in [0.1, 0.15) is 15.9 Å². The van der Waals surface area contributed by atoms with Crippen LogP contribution in [0.5, 0.6) is 0 Å². The van der Waals surface area contributed by atoms with Gasteiger partial charge in [-0.25, -0.2) is 12.4 Å². The van der Waals surface area contributed by atoms with Crippen molar-refractivity contribution in [2.45, 2.75) is 11.8 Å². The van der Waals surface area contributed by atoms with Gasteiger partial charge in [0.25, 0.3) is 10.0 Å². The van der Waals surface area contributed by atoms with Gasteiger partial charge >= 0.3 is 0 Å². The zero-order valence-electron chi connectivity index (χ0n) is 11.8. The van der Waals surface area contributed by atoms with Crippen LogP contribution in [-0.2, 0) is 10.0 Å². The fourth-order valence-electron chi connectivity index (χ4n) is 2.35. The maximum absolute atomic E-state index is 12.8. The number of benzene rings is 1. The molecule has 0 aliphatic carbocycles. The molecule has 0 aliphatic rings. The van der Waals surface area contributed by atoms with Crippen LogP contribution in [0, 0.1) is 6.92 Å². The van der Waals surface area contributed by atoms with Gasteiger partial charge in [-0.2, -0.15) is 11.3 Å². The summed E-state index contributed by atoms with van der Waals surface area (Å²) < 4.78 is 26.8. The first-order valence-corrected chi connectivity index (χ1v) is 8.94. The molecule has 0 fully saturated rings. The van der Waals surface area contributed by atoms with Gasteiger partial charge in [0.2, 0.25) is 0 Å². The van der Waals surface area contributed by atoms with Crippen molar-refractivity contribution in [3.8, 4) is 11.3 Å². The van der Waals surface area contributed by atoms with Gasteiger partial charge in [0, 0.05) is 17.1 Å². The summed E-state index contributed by atoms with van der Waals surface area (Å²) in [5.74, 6) is 0. The third-order valence-electron chi connectivity index (χ3n) is 3.49. The van der Waals surface area contributed by atoms with E-state index in [1.54, 1.807) is 23.8 Å². The fraction of sp³-hybridized carbons (Fsp3) is 0.0625. The fourth-order valence-corrected chi connectivity index (χ4v) is 4.81. The summed E-state index contributed by atoms with van der Waals surface area (Å²) in [5, 5.41) is 3.30. The SMILES string of the molecule is Cc1c(C=O)cn(S(=O)(=O)c2ccsc2)c1-c1ccccc1. The molecule has 3 rings (SSSR count). The average molecular weight is 331 g/mol. The number of hydrogen-bond acceptors (Lipinski definition) is 4. The first-order chi connectivity index (χ1) is 10.6. The van der Waals surface area contributed by atoms with Gasteiger partial charge in [-0.3, -0.25) is 4.79 Å². The molecule has 2 aromatic heterocycles. The Bertz CT molecular complexity index is 908. The zero-order chi connectivity index (χ0) is 15.7. The molecule has 0 saturated heterocycles. The number of aromatic nitrogens is 1. The number of rotatable bonds is 4. The number of carbonyl (C=O) groups excluding carboxylic acids is 1. The lowest BCUT2D eigenvalue weighted by molar-refractivity contribution is 0.112. The Morgan fingerprint density at radius 1 is 1.14 bits per heavy atom. The van der Waals surface area contributed by atoms with Gasteiger partial charge in [0.15, 0.2) is 6.29 Å². The van der Waals surface area contributed by atoms with Gasteiger partial charge in [0.1, 0.15) is 0 Å². The second kappa shape index (κ2) is 5.55. The number of hydrogen-bond donors (Lipinski definition) is 0. The molecule has 0 atom stereocenters. The summed E-state index contributed by atoms with van der Waals surface area (Å²) in [7, 11) is -3.72. The van der Waals surface area contributed by atoms with E-state index in [9.17, 15) is 13.2 Å². The highest BCUT2D eigenvalue weighted by Crippen LogP contribution is 2.31. The Morgan fingerprint density at radius 3 is 2.45 bits per heavy atom. The molecule has 0 unspecified atom stereocenters. The number of aldehydes is 1. The molecule has 0 radical (unpaired) electrons. The molecule has 0 saturated carbocycles. The van der Waals surface area contributed by atoms with Crippen molar-refractivity contribution in [3.63, 3.8) is 0 Å². The molecule has 22 heavy (non-hydrogen) atoms.